The number of nitrogens with zero attached hydrogens (tertiary/aromatic N) is 4. The molecule has 1 unspecified atom stereocenters. The quantitative estimate of drug-likeness (QED) is 0.302. The summed E-state index contributed by atoms with van der Waals surface area (Å²) in [6.07, 6.45) is 2.55. The molecule has 168 valence electrons. The number of halogens is 1. The van der Waals surface area contributed by atoms with Crippen molar-refractivity contribution < 1.29 is 13.2 Å². The van der Waals surface area contributed by atoms with Gasteiger partial charge in [0.1, 0.15) is 5.82 Å². The van der Waals surface area contributed by atoms with Gasteiger partial charge in [0, 0.05) is 51.4 Å². The van der Waals surface area contributed by atoms with E-state index in [-0.39, 0.29) is 53.9 Å². The average molecular weight is 550 g/mol. The van der Waals surface area contributed by atoms with E-state index < -0.39 is 9.84 Å². The van der Waals surface area contributed by atoms with Crippen LogP contribution in [0.15, 0.2) is 29.4 Å². The van der Waals surface area contributed by atoms with Crippen molar-refractivity contribution in [2.45, 2.75) is 25.8 Å². The number of piperazine rings is 1. The molecule has 3 heterocycles. The molecule has 9 nitrogen and oxygen atoms in total. The van der Waals surface area contributed by atoms with Crippen molar-refractivity contribution in [3.05, 3.63) is 24.4 Å². The van der Waals surface area contributed by atoms with E-state index in [1.807, 2.05) is 25.1 Å². The Balaban J connectivity index is 0.00000320. The van der Waals surface area contributed by atoms with Crippen LogP contribution in [0.3, 0.4) is 0 Å². The van der Waals surface area contributed by atoms with Gasteiger partial charge in [-0.1, -0.05) is 6.07 Å². The van der Waals surface area contributed by atoms with E-state index >= 15 is 0 Å². The zero-order valence-electron chi connectivity index (χ0n) is 17.3. The molecule has 1 atom stereocenters. The van der Waals surface area contributed by atoms with Gasteiger partial charge in [-0.25, -0.2) is 13.4 Å². The minimum Gasteiger partial charge on any atom is -0.357 e. The maximum absolute atomic E-state index is 12.1. The van der Waals surface area contributed by atoms with Gasteiger partial charge in [-0.2, -0.15) is 0 Å². The molecule has 3 rings (SSSR count). The molecule has 2 aliphatic heterocycles. The average Bonchev–Trinajstić information content (AvgIpc) is 3.06. The van der Waals surface area contributed by atoms with Crippen LogP contribution in [-0.2, 0) is 14.6 Å². The Kier molecular flexibility index (Phi) is 9.59. The Morgan fingerprint density at radius 1 is 1.27 bits per heavy atom. The van der Waals surface area contributed by atoms with Crippen molar-refractivity contribution in [3.8, 4) is 0 Å². The molecule has 2 aliphatic rings. The predicted octanol–water partition coefficient (Wildman–Crippen LogP) is 0.481. The van der Waals surface area contributed by atoms with Crippen LogP contribution in [0, 0.1) is 0 Å². The number of anilines is 1. The van der Waals surface area contributed by atoms with Crippen molar-refractivity contribution in [2.75, 3.05) is 55.7 Å². The van der Waals surface area contributed by atoms with Crippen LogP contribution < -0.4 is 15.5 Å². The van der Waals surface area contributed by atoms with Gasteiger partial charge in [0.2, 0.25) is 5.91 Å². The molecule has 1 aromatic rings. The Bertz CT molecular complexity index is 813. The number of hydrogen-bond donors (Lipinski definition) is 2. The van der Waals surface area contributed by atoms with Crippen LogP contribution in [0.5, 0.6) is 0 Å². The number of carbonyl (C=O) groups excluding carboxylic acids is 1. The predicted molar refractivity (Wildman–Crippen MR) is 129 cm³/mol. The summed E-state index contributed by atoms with van der Waals surface area (Å²) in [5, 5.41) is 6.10. The summed E-state index contributed by atoms with van der Waals surface area (Å²) in [6.45, 7) is 6.52. The molecule has 2 saturated heterocycles. The molecule has 0 saturated carbocycles. The SMILES string of the molecule is CCNC(=NCCC(=O)NC1CCS(=O)(=O)C1)N1CCN(c2ccccn2)CC1.I. The highest BCUT2D eigenvalue weighted by Crippen LogP contribution is 2.13. The van der Waals surface area contributed by atoms with E-state index in [0.29, 0.717) is 13.0 Å². The number of aromatic nitrogens is 1. The van der Waals surface area contributed by atoms with E-state index in [9.17, 15) is 13.2 Å². The number of guanidine groups is 1. The molecule has 11 heteroatoms. The van der Waals surface area contributed by atoms with Gasteiger partial charge in [-0.15, -0.1) is 24.0 Å². The summed E-state index contributed by atoms with van der Waals surface area (Å²) in [5.41, 5.74) is 0. The number of rotatable bonds is 6. The normalized spacial score (nSPS) is 21.1. The first-order valence-corrected chi connectivity index (χ1v) is 12.0. The van der Waals surface area contributed by atoms with Crippen LogP contribution in [0.25, 0.3) is 0 Å². The highest BCUT2D eigenvalue weighted by molar-refractivity contribution is 14.0. The second-order valence-corrected chi connectivity index (χ2v) is 9.54. The van der Waals surface area contributed by atoms with E-state index in [2.05, 4.69) is 30.4 Å². The fourth-order valence-corrected chi connectivity index (χ4v) is 5.26. The first-order chi connectivity index (χ1) is 14.0. The molecule has 0 radical (unpaired) electrons. The molecule has 0 spiro atoms. The Labute approximate surface area is 195 Å². The lowest BCUT2D eigenvalue weighted by atomic mass is 10.2. The van der Waals surface area contributed by atoms with Crippen molar-refractivity contribution >= 4 is 51.5 Å². The summed E-state index contributed by atoms with van der Waals surface area (Å²) < 4.78 is 23.0. The molecule has 0 aliphatic carbocycles. The number of sulfone groups is 1. The standard InChI is InChI=1S/C19H30N6O3S.HI/c1-2-20-19(22-9-6-18(26)23-16-7-14-29(27,28)15-16)25-12-10-24(11-13-25)17-5-3-4-8-21-17;/h3-5,8,16H,2,6-7,9-15H2,1H3,(H,20,22)(H,23,26);1H. The third kappa shape index (κ3) is 7.25. The Morgan fingerprint density at radius 3 is 2.63 bits per heavy atom. The van der Waals surface area contributed by atoms with Gasteiger partial charge in [0.05, 0.1) is 18.1 Å². The van der Waals surface area contributed by atoms with Crippen LogP contribution in [-0.4, -0.2) is 87.0 Å². The first-order valence-electron chi connectivity index (χ1n) is 10.2. The minimum absolute atomic E-state index is 0. The van der Waals surface area contributed by atoms with Gasteiger partial charge >= 0.3 is 0 Å². The Morgan fingerprint density at radius 2 is 2.03 bits per heavy atom. The van der Waals surface area contributed by atoms with E-state index in [4.69, 9.17) is 0 Å². The van der Waals surface area contributed by atoms with E-state index in [0.717, 1.165) is 44.5 Å². The Hall–Kier alpha value is -1.63. The van der Waals surface area contributed by atoms with Crippen LogP contribution in [0.4, 0.5) is 5.82 Å². The topological polar surface area (TPSA) is 107 Å². The molecular formula is C19H31IN6O3S. The first kappa shape index (κ1) is 24.6. The van der Waals surface area contributed by atoms with Gasteiger partial charge in [-0.05, 0) is 25.5 Å². The van der Waals surface area contributed by atoms with Crippen molar-refractivity contribution in [3.63, 3.8) is 0 Å². The summed E-state index contributed by atoms with van der Waals surface area (Å²) in [4.78, 5) is 25.6. The van der Waals surface area contributed by atoms with Gasteiger partial charge in [-0.3, -0.25) is 9.79 Å². The van der Waals surface area contributed by atoms with Gasteiger partial charge in [0.15, 0.2) is 15.8 Å². The molecule has 2 N–H and O–H groups in total. The molecule has 2 fully saturated rings. The number of nitrogens with one attached hydrogen (secondary N) is 2. The summed E-state index contributed by atoms with van der Waals surface area (Å²) in [5.74, 6) is 1.85. The molecule has 30 heavy (non-hydrogen) atoms. The van der Waals surface area contributed by atoms with Gasteiger partial charge in [0.25, 0.3) is 0 Å². The van der Waals surface area contributed by atoms with Crippen LogP contribution in [0.2, 0.25) is 0 Å². The summed E-state index contributed by atoms with van der Waals surface area (Å²) in [6, 6.07) is 5.66. The molecule has 0 bridgehead atoms. The van der Waals surface area contributed by atoms with Crippen molar-refractivity contribution in [1.29, 1.82) is 0 Å². The largest absolute Gasteiger partial charge is 0.357 e. The lowest BCUT2D eigenvalue weighted by molar-refractivity contribution is -0.121. The fourth-order valence-electron chi connectivity index (χ4n) is 3.59. The lowest BCUT2D eigenvalue weighted by Crippen LogP contribution is -2.52. The number of aliphatic imine (C=N–C) groups is 1. The van der Waals surface area contributed by atoms with Crippen LogP contribution >= 0.6 is 24.0 Å². The second kappa shape index (κ2) is 11.7. The lowest BCUT2D eigenvalue weighted by Gasteiger charge is -2.37. The molecule has 1 amide bonds. The van der Waals surface area contributed by atoms with Crippen molar-refractivity contribution in [1.82, 2.24) is 20.5 Å². The maximum Gasteiger partial charge on any atom is 0.222 e. The molecule has 0 aromatic carbocycles. The van der Waals surface area contributed by atoms with Gasteiger partial charge < -0.3 is 20.4 Å². The summed E-state index contributed by atoms with van der Waals surface area (Å²) in [7, 11) is -2.99. The number of amides is 1. The third-order valence-electron chi connectivity index (χ3n) is 5.09. The monoisotopic (exact) mass is 550 g/mol. The second-order valence-electron chi connectivity index (χ2n) is 7.32. The zero-order valence-corrected chi connectivity index (χ0v) is 20.4. The highest BCUT2D eigenvalue weighted by Gasteiger charge is 2.28. The molecular weight excluding hydrogens is 519 g/mol. The summed E-state index contributed by atoms with van der Waals surface area (Å²) >= 11 is 0. The van der Waals surface area contributed by atoms with Crippen LogP contribution in [0.1, 0.15) is 19.8 Å². The smallest absolute Gasteiger partial charge is 0.222 e. The van der Waals surface area contributed by atoms with E-state index in [1.54, 1.807) is 6.20 Å². The number of pyridine rings is 1. The fraction of sp³-hybridized carbons (Fsp3) is 0.632. The minimum atomic E-state index is -2.99. The van der Waals surface area contributed by atoms with E-state index in [1.165, 1.54) is 0 Å². The maximum atomic E-state index is 12.1. The number of carbonyl (C=O) groups is 1. The highest BCUT2D eigenvalue weighted by atomic mass is 127. The molecule has 1 aromatic heterocycles. The zero-order chi connectivity index (χ0) is 20.7. The third-order valence-corrected chi connectivity index (χ3v) is 6.85. The number of hydrogen-bond acceptors (Lipinski definition) is 6. The van der Waals surface area contributed by atoms with Crippen molar-refractivity contribution in [2.24, 2.45) is 4.99 Å².